The van der Waals surface area contributed by atoms with Gasteiger partial charge in [-0.1, -0.05) is 0 Å². The van der Waals surface area contributed by atoms with Gasteiger partial charge in [0, 0.05) is 18.3 Å². The number of rotatable bonds is 2. The summed E-state index contributed by atoms with van der Waals surface area (Å²) in [5.74, 6) is -0.331. The van der Waals surface area contributed by atoms with Crippen LogP contribution in [0.3, 0.4) is 0 Å². The van der Waals surface area contributed by atoms with Crippen molar-refractivity contribution in [3.05, 3.63) is 51.4 Å². The third-order valence-corrected chi connectivity index (χ3v) is 2.54. The van der Waals surface area contributed by atoms with E-state index in [-0.39, 0.29) is 16.1 Å². The zero-order valence-electron chi connectivity index (χ0n) is 8.94. The summed E-state index contributed by atoms with van der Waals surface area (Å²) in [6, 6.07) is 5.75. The normalized spacial score (nSPS) is 10.2. The van der Waals surface area contributed by atoms with Gasteiger partial charge in [-0.25, -0.2) is 4.39 Å². The van der Waals surface area contributed by atoms with Gasteiger partial charge >= 0.3 is 0 Å². The minimum Gasteiger partial charge on any atom is -0.494 e. The maximum atomic E-state index is 13.5. The zero-order valence-corrected chi connectivity index (χ0v) is 9.75. The molecule has 88 valence electrons. The molecule has 0 saturated heterocycles. The molecule has 0 aliphatic heterocycles. The Kier molecular flexibility index (Phi) is 3.06. The lowest BCUT2D eigenvalue weighted by Gasteiger charge is -2.08. The summed E-state index contributed by atoms with van der Waals surface area (Å²) in [7, 11) is 1.39. The van der Waals surface area contributed by atoms with Crippen molar-refractivity contribution in [2.24, 2.45) is 0 Å². The summed E-state index contributed by atoms with van der Waals surface area (Å²) in [5.41, 5.74) is 0.227. The van der Waals surface area contributed by atoms with Crippen LogP contribution in [-0.4, -0.2) is 16.7 Å². The van der Waals surface area contributed by atoms with Crippen LogP contribution < -0.4 is 10.3 Å². The molecule has 0 radical (unpaired) electrons. The number of benzene rings is 1. The fourth-order valence-electron chi connectivity index (χ4n) is 1.43. The Morgan fingerprint density at radius 2 is 2.18 bits per heavy atom. The molecule has 17 heavy (non-hydrogen) atoms. The number of H-pyrrole nitrogens is 1. The first-order valence-electron chi connectivity index (χ1n) is 4.78. The van der Waals surface area contributed by atoms with Gasteiger partial charge in [0.2, 0.25) is 0 Å². The summed E-state index contributed by atoms with van der Waals surface area (Å²) in [5, 5.41) is 0. The van der Waals surface area contributed by atoms with Gasteiger partial charge in [0.25, 0.3) is 5.56 Å². The zero-order chi connectivity index (χ0) is 12.4. The maximum absolute atomic E-state index is 13.5. The van der Waals surface area contributed by atoms with Gasteiger partial charge in [0.1, 0.15) is 0 Å². The van der Waals surface area contributed by atoms with Gasteiger partial charge < -0.3 is 4.74 Å². The van der Waals surface area contributed by atoms with Crippen LogP contribution in [0.1, 0.15) is 0 Å². The van der Waals surface area contributed by atoms with E-state index < -0.39 is 5.82 Å². The molecule has 2 rings (SSSR count). The Morgan fingerprint density at radius 1 is 1.41 bits per heavy atom. The molecule has 1 heterocycles. The molecule has 0 aliphatic carbocycles. The van der Waals surface area contributed by atoms with Crippen LogP contribution in [0.2, 0.25) is 0 Å². The first kappa shape index (κ1) is 11.5. The molecule has 0 atom stereocenters. The smallest absolute Gasteiger partial charge is 0.251 e. The largest absolute Gasteiger partial charge is 0.494 e. The molecule has 0 spiro atoms. The average molecular weight is 252 g/mol. The Labute approximate surface area is 101 Å². The predicted molar refractivity (Wildman–Crippen MR) is 63.7 cm³/mol. The van der Waals surface area contributed by atoms with Crippen LogP contribution in [0.15, 0.2) is 35.3 Å². The van der Waals surface area contributed by atoms with E-state index in [1.165, 1.54) is 36.1 Å². The van der Waals surface area contributed by atoms with Crippen molar-refractivity contribution in [1.82, 2.24) is 9.55 Å². The SMILES string of the molecule is COc1ccc(-n2ccc(=O)[nH]c2=S)cc1F. The van der Waals surface area contributed by atoms with E-state index in [1.807, 2.05) is 0 Å². The second-order valence-corrected chi connectivity index (χ2v) is 3.69. The van der Waals surface area contributed by atoms with Crippen LogP contribution in [-0.2, 0) is 0 Å². The van der Waals surface area contributed by atoms with Gasteiger partial charge in [-0.05, 0) is 24.4 Å². The molecular formula is C11H9FN2O2S. The summed E-state index contributed by atoms with van der Waals surface area (Å²) in [4.78, 5) is 13.5. The first-order valence-corrected chi connectivity index (χ1v) is 5.18. The number of halogens is 1. The predicted octanol–water partition coefficient (Wildman–Crippen LogP) is 2.04. The third-order valence-electron chi connectivity index (χ3n) is 2.24. The molecule has 6 heteroatoms. The number of ether oxygens (including phenoxy) is 1. The minimum absolute atomic E-state index is 0.157. The van der Waals surface area contributed by atoms with Crippen molar-refractivity contribution in [2.45, 2.75) is 0 Å². The number of nitrogens with one attached hydrogen (secondary N) is 1. The molecule has 0 amide bonds. The summed E-state index contributed by atoms with van der Waals surface area (Å²) in [6.07, 6.45) is 1.49. The van der Waals surface area contributed by atoms with E-state index in [0.717, 1.165) is 0 Å². The Bertz CT molecular complexity index is 663. The minimum atomic E-state index is -0.488. The number of hydrogen-bond acceptors (Lipinski definition) is 3. The Morgan fingerprint density at radius 3 is 2.76 bits per heavy atom. The van der Waals surface area contributed by atoms with Gasteiger partial charge in [-0.2, -0.15) is 0 Å². The lowest BCUT2D eigenvalue weighted by molar-refractivity contribution is 0.386. The molecule has 1 aromatic carbocycles. The van der Waals surface area contributed by atoms with Crippen LogP contribution in [0, 0.1) is 10.6 Å². The van der Waals surface area contributed by atoms with Crippen molar-refractivity contribution in [1.29, 1.82) is 0 Å². The summed E-state index contributed by atoms with van der Waals surface area (Å²) >= 11 is 4.98. The highest BCUT2D eigenvalue weighted by Crippen LogP contribution is 2.19. The molecule has 0 fully saturated rings. The van der Waals surface area contributed by atoms with E-state index >= 15 is 0 Å². The van der Waals surface area contributed by atoms with Crippen LogP contribution in [0.5, 0.6) is 5.75 Å². The molecule has 0 saturated carbocycles. The van der Waals surface area contributed by atoms with E-state index in [2.05, 4.69) is 4.98 Å². The second kappa shape index (κ2) is 4.50. The number of methoxy groups -OCH3 is 1. The lowest BCUT2D eigenvalue weighted by atomic mass is 10.3. The summed E-state index contributed by atoms with van der Waals surface area (Å²) < 4.78 is 20.0. The Hall–Kier alpha value is -1.95. The molecule has 2 aromatic rings. The average Bonchev–Trinajstić information content (AvgIpc) is 2.29. The molecule has 0 bridgehead atoms. The van der Waals surface area contributed by atoms with E-state index in [9.17, 15) is 9.18 Å². The van der Waals surface area contributed by atoms with Crippen LogP contribution >= 0.6 is 12.2 Å². The Balaban J connectivity index is 2.57. The van der Waals surface area contributed by atoms with Crippen molar-refractivity contribution in [3.8, 4) is 11.4 Å². The number of aromatic amines is 1. The molecule has 4 nitrogen and oxygen atoms in total. The lowest BCUT2D eigenvalue weighted by Crippen LogP contribution is -2.09. The first-order chi connectivity index (χ1) is 8.11. The van der Waals surface area contributed by atoms with Gasteiger partial charge in [-0.3, -0.25) is 14.3 Å². The molecule has 1 N–H and O–H groups in total. The van der Waals surface area contributed by atoms with Crippen molar-refractivity contribution < 1.29 is 9.13 Å². The highest BCUT2D eigenvalue weighted by molar-refractivity contribution is 7.71. The molecular weight excluding hydrogens is 243 g/mol. The topological polar surface area (TPSA) is 47.0 Å². The maximum Gasteiger partial charge on any atom is 0.251 e. The standard InChI is InChI=1S/C11H9FN2O2S/c1-16-9-3-2-7(6-8(9)12)14-5-4-10(15)13-11(14)17/h2-6H,1H3,(H,13,15,17). The monoisotopic (exact) mass is 252 g/mol. The van der Waals surface area contributed by atoms with E-state index in [4.69, 9.17) is 17.0 Å². The highest BCUT2D eigenvalue weighted by atomic mass is 32.1. The van der Waals surface area contributed by atoms with Crippen molar-refractivity contribution in [3.63, 3.8) is 0 Å². The quantitative estimate of drug-likeness (QED) is 0.832. The molecule has 0 aliphatic rings. The molecule has 1 aromatic heterocycles. The van der Waals surface area contributed by atoms with Gasteiger partial charge in [0.05, 0.1) is 12.8 Å². The molecule has 0 unspecified atom stereocenters. The van der Waals surface area contributed by atoms with E-state index in [1.54, 1.807) is 6.07 Å². The number of nitrogens with zero attached hydrogens (tertiary/aromatic N) is 1. The fourth-order valence-corrected chi connectivity index (χ4v) is 1.69. The number of hydrogen-bond donors (Lipinski definition) is 1. The van der Waals surface area contributed by atoms with Gasteiger partial charge in [0.15, 0.2) is 16.3 Å². The van der Waals surface area contributed by atoms with Crippen LogP contribution in [0.4, 0.5) is 4.39 Å². The number of aromatic nitrogens is 2. The highest BCUT2D eigenvalue weighted by Gasteiger charge is 2.05. The van der Waals surface area contributed by atoms with Crippen LogP contribution in [0.25, 0.3) is 5.69 Å². The van der Waals surface area contributed by atoms with E-state index in [0.29, 0.717) is 5.69 Å². The van der Waals surface area contributed by atoms with Gasteiger partial charge in [-0.15, -0.1) is 0 Å². The summed E-state index contributed by atoms with van der Waals surface area (Å²) in [6.45, 7) is 0. The van der Waals surface area contributed by atoms with Crippen molar-refractivity contribution >= 4 is 12.2 Å². The fraction of sp³-hybridized carbons (Fsp3) is 0.0909. The second-order valence-electron chi connectivity index (χ2n) is 3.30. The van der Waals surface area contributed by atoms with Crippen molar-refractivity contribution in [2.75, 3.05) is 7.11 Å². The third kappa shape index (κ3) is 2.26.